The van der Waals surface area contributed by atoms with Gasteiger partial charge in [-0.25, -0.2) is 0 Å². The highest BCUT2D eigenvalue weighted by Gasteiger charge is 2.20. The van der Waals surface area contributed by atoms with Gasteiger partial charge in [-0.1, -0.05) is 17.7 Å². The zero-order chi connectivity index (χ0) is 13.2. The Hall–Kier alpha value is -1.34. The topological polar surface area (TPSA) is 35.8 Å². The van der Waals surface area contributed by atoms with Crippen molar-refractivity contribution in [2.45, 2.75) is 25.4 Å². The maximum absolute atomic E-state index is 8.93. The fraction of sp³-hybridized carbons (Fsp3) is 0.267. The van der Waals surface area contributed by atoms with Crippen molar-refractivity contribution in [2.24, 2.45) is 0 Å². The first-order valence-electron chi connectivity index (χ1n) is 6.28. The second-order valence-corrected chi connectivity index (χ2v) is 6.25. The summed E-state index contributed by atoms with van der Waals surface area (Å²) in [4.78, 5) is 1.84. The van der Waals surface area contributed by atoms with Gasteiger partial charge in [-0.15, -0.1) is 11.3 Å². The van der Waals surface area contributed by atoms with Crippen LogP contribution < -0.4 is 5.32 Å². The Balaban J connectivity index is 1.92. The summed E-state index contributed by atoms with van der Waals surface area (Å²) in [5, 5.41) is 13.2. The van der Waals surface area contributed by atoms with Gasteiger partial charge in [-0.05, 0) is 48.2 Å². The van der Waals surface area contributed by atoms with Gasteiger partial charge in [-0.3, -0.25) is 0 Å². The molecule has 0 saturated heterocycles. The van der Waals surface area contributed by atoms with E-state index in [1.807, 2.05) is 24.3 Å². The summed E-state index contributed by atoms with van der Waals surface area (Å²) < 4.78 is 0. The van der Waals surface area contributed by atoms with E-state index in [-0.39, 0.29) is 0 Å². The lowest BCUT2D eigenvalue weighted by molar-refractivity contribution is 0.689. The van der Waals surface area contributed by atoms with Crippen LogP contribution in [0.15, 0.2) is 30.3 Å². The quantitative estimate of drug-likeness (QED) is 0.915. The molecule has 1 aromatic carbocycles. The van der Waals surface area contributed by atoms with Crippen LogP contribution >= 0.6 is 22.9 Å². The zero-order valence-electron chi connectivity index (χ0n) is 10.3. The Bertz CT molecular complexity index is 638. The third-order valence-electron chi connectivity index (χ3n) is 3.21. The Morgan fingerprint density at radius 1 is 1.32 bits per heavy atom. The van der Waals surface area contributed by atoms with E-state index >= 15 is 0 Å². The van der Waals surface area contributed by atoms with Crippen LogP contribution in [-0.4, -0.2) is 6.04 Å². The Morgan fingerprint density at radius 3 is 2.84 bits per heavy atom. The molecule has 0 unspecified atom stereocenters. The van der Waals surface area contributed by atoms with Gasteiger partial charge in [0, 0.05) is 22.5 Å². The molecule has 0 amide bonds. The molecular formula is C15H13ClN2S. The number of nitrogens with one attached hydrogen (secondary N) is 1. The minimum atomic E-state index is 0.682. The fourth-order valence-electron chi connectivity index (χ4n) is 2.02. The van der Waals surface area contributed by atoms with E-state index in [0.29, 0.717) is 6.04 Å². The van der Waals surface area contributed by atoms with Gasteiger partial charge in [0.05, 0.1) is 0 Å². The smallest absolute Gasteiger partial charge is 0.110 e. The lowest BCUT2D eigenvalue weighted by atomic mass is 10.1. The first-order chi connectivity index (χ1) is 9.26. The molecule has 1 aromatic heterocycles. The zero-order valence-corrected chi connectivity index (χ0v) is 11.9. The molecule has 0 aliphatic heterocycles. The van der Waals surface area contributed by atoms with Crippen LogP contribution in [0.25, 0.3) is 10.4 Å². The fourth-order valence-corrected chi connectivity index (χ4v) is 3.04. The Labute approximate surface area is 121 Å². The molecule has 0 radical (unpaired) electrons. The van der Waals surface area contributed by atoms with Crippen molar-refractivity contribution in [1.29, 1.82) is 5.26 Å². The molecule has 1 fully saturated rings. The summed E-state index contributed by atoms with van der Waals surface area (Å²) in [5.41, 5.74) is 2.37. The van der Waals surface area contributed by atoms with Crippen molar-refractivity contribution in [3.05, 3.63) is 45.8 Å². The van der Waals surface area contributed by atoms with Crippen molar-refractivity contribution >= 4 is 22.9 Å². The predicted octanol–water partition coefficient (Wildman–Crippen LogP) is 4.19. The van der Waals surface area contributed by atoms with E-state index in [0.717, 1.165) is 26.9 Å². The summed E-state index contributed by atoms with van der Waals surface area (Å²) in [5.74, 6) is 0. The molecule has 1 N–H and O–H groups in total. The number of halogens is 1. The number of hydrogen-bond acceptors (Lipinski definition) is 3. The van der Waals surface area contributed by atoms with E-state index in [9.17, 15) is 0 Å². The molecule has 1 heterocycles. The van der Waals surface area contributed by atoms with Gasteiger partial charge in [0.15, 0.2) is 0 Å². The van der Waals surface area contributed by atoms with Crippen LogP contribution in [0.2, 0.25) is 5.02 Å². The van der Waals surface area contributed by atoms with E-state index < -0.39 is 0 Å². The normalized spacial score (nSPS) is 14.3. The minimum absolute atomic E-state index is 0.682. The lowest BCUT2D eigenvalue weighted by Crippen LogP contribution is -2.15. The number of nitrogens with zero attached hydrogens (tertiary/aromatic N) is 1. The standard InChI is InChI=1S/C15H13ClN2S/c16-11-2-1-10(9-18-12-3-4-12)14(7-11)15-6-5-13(8-17)19-15/h1-2,5-7,12,18H,3-4,9H2. The molecule has 2 nitrogen and oxygen atoms in total. The van der Waals surface area contributed by atoms with Gasteiger partial charge >= 0.3 is 0 Å². The molecule has 96 valence electrons. The van der Waals surface area contributed by atoms with Crippen molar-refractivity contribution in [3.8, 4) is 16.5 Å². The second-order valence-electron chi connectivity index (χ2n) is 4.73. The summed E-state index contributed by atoms with van der Waals surface area (Å²) in [6.07, 6.45) is 2.56. The van der Waals surface area contributed by atoms with Gasteiger partial charge in [0.2, 0.25) is 0 Å². The van der Waals surface area contributed by atoms with Gasteiger partial charge < -0.3 is 5.32 Å². The largest absolute Gasteiger partial charge is 0.310 e. The minimum Gasteiger partial charge on any atom is -0.310 e. The number of thiophene rings is 1. The molecule has 1 saturated carbocycles. The van der Waals surface area contributed by atoms with Crippen LogP contribution in [0, 0.1) is 11.3 Å². The molecule has 1 aliphatic rings. The predicted molar refractivity (Wildman–Crippen MR) is 79.3 cm³/mol. The molecule has 0 spiro atoms. The van der Waals surface area contributed by atoms with Gasteiger partial charge in [0.1, 0.15) is 10.9 Å². The van der Waals surface area contributed by atoms with Crippen LogP contribution in [0.1, 0.15) is 23.3 Å². The molecular weight excluding hydrogens is 276 g/mol. The molecule has 2 aromatic rings. The Kier molecular flexibility index (Phi) is 3.56. The molecule has 4 heteroatoms. The summed E-state index contributed by atoms with van der Waals surface area (Å²) in [7, 11) is 0. The monoisotopic (exact) mass is 288 g/mol. The van der Waals surface area contributed by atoms with Crippen molar-refractivity contribution in [3.63, 3.8) is 0 Å². The molecule has 0 bridgehead atoms. The van der Waals surface area contributed by atoms with Crippen LogP contribution in [0.4, 0.5) is 0 Å². The van der Waals surface area contributed by atoms with E-state index in [4.69, 9.17) is 16.9 Å². The second kappa shape index (κ2) is 5.34. The molecule has 3 rings (SSSR count). The number of benzene rings is 1. The van der Waals surface area contributed by atoms with Crippen molar-refractivity contribution < 1.29 is 0 Å². The average molecular weight is 289 g/mol. The van der Waals surface area contributed by atoms with Crippen molar-refractivity contribution in [2.75, 3.05) is 0 Å². The number of rotatable bonds is 4. The molecule has 0 atom stereocenters. The lowest BCUT2D eigenvalue weighted by Gasteiger charge is -2.09. The SMILES string of the molecule is N#Cc1ccc(-c2cc(Cl)ccc2CNC2CC2)s1. The third kappa shape index (κ3) is 2.98. The van der Waals surface area contributed by atoms with Crippen molar-refractivity contribution in [1.82, 2.24) is 5.32 Å². The van der Waals surface area contributed by atoms with E-state index in [2.05, 4.69) is 17.5 Å². The highest BCUT2D eigenvalue weighted by atomic mass is 35.5. The number of nitriles is 1. The van der Waals surface area contributed by atoms with Gasteiger partial charge in [0.25, 0.3) is 0 Å². The third-order valence-corrected chi connectivity index (χ3v) is 4.47. The van der Waals surface area contributed by atoms with E-state index in [1.165, 1.54) is 29.7 Å². The first-order valence-corrected chi connectivity index (χ1v) is 7.48. The van der Waals surface area contributed by atoms with Gasteiger partial charge in [-0.2, -0.15) is 5.26 Å². The highest BCUT2D eigenvalue weighted by molar-refractivity contribution is 7.16. The van der Waals surface area contributed by atoms with Crippen LogP contribution in [0.5, 0.6) is 0 Å². The molecule has 19 heavy (non-hydrogen) atoms. The number of hydrogen-bond donors (Lipinski definition) is 1. The maximum Gasteiger partial charge on any atom is 0.110 e. The molecule has 1 aliphatic carbocycles. The maximum atomic E-state index is 8.93. The summed E-state index contributed by atoms with van der Waals surface area (Å²) in [6.45, 7) is 0.858. The highest BCUT2D eigenvalue weighted by Crippen LogP contribution is 2.33. The van der Waals surface area contributed by atoms with Crippen LogP contribution in [0.3, 0.4) is 0 Å². The summed E-state index contributed by atoms with van der Waals surface area (Å²) >= 11 is 7.61. The Morgan fingerprint density at radius 2 is 2.16 bits per heavy atom. The first kappa shape index (κ1) is 12.7. The van der Waals surface area contributed by atoms with E-state index in [1.54, 1.807) is 0 Å². The average Bonchev–Trinajstić information content (AvgIpc) is 3.13. The summed E-state index contributed by atoms with van der Waals surface area (Å²) in [6, 6.07) is 12.7. The van der Waals surface area contributed by atoms with Crippen LogP contribution in [-0.2, 0) is 6.54 Å².